The highest BCUT2D eigenvalue weighted by molar-refractivity contribution is 5.94. The van der Waals surface area contributed by atoms with Crippen molar-refractivity contribution in [2.75, 3.05) is 7.11 Å². The van der Waals surface area contributed by atoms with E-state index in [0.29, 0.717) is 24.2 Å². The van der Waals surface area contributed by atoms with Gasteiger partial charge in [-0.15, -0.1) is 0 Å². The van der Waals surface area contributed by atoms with Gasteiger partial charge in [0.1, 0.15) is 17.5 Å². The molecule has 0 saturated heterocycles. The first kappa shape index (κ1) is 16.9. The molecule has 3 aliphatic carbocycles. The number of furan rings is 1. The summed E-state index contributed by atoms with van der Waals surface area (Å²) in [4.78, 5) is 24.8. The van der Waals surface area contributed by atoms with E-state index < -0.39 is 5.41 Å². The van der Waals surface area contributed by atoms with Crippen LogP contribution in [0.2, 0.25) is 0 Å². The van der Waals surface area contributed by atoms with Gasteiger partial charge in [0.05, 0.1) is 13.4 Å². The number of rotatable bonds is 2. The molecule has 0 amide bonds. The number of hydrogen-bond donors (Lipinski definition) is 0. The second-order valence-corrected chi connectivity index (χ2v) is 8.70. The van der Waals surface area contributed by atoms with E-state index in [9.17, 15) is 9.59 Å². The fourth-order valence-electron chi connectivity index (χ4n) is 6.74. The third-order valence-electron chi connectivity index (χ3n) is 7.97. The Morgan fingerprint density at radius 1 is 1.36 bits per heavy atom. The van der Waals surface area contributed by atoms with E-state index in [-0.39, 0.29) is 17.3 Å². The monoisotopic (exact) mass is 344 g/mol. The zero-order valence-corrected chi connectivity index (χ0v) is 15.4. The Morgan fingerprint density at radius 2 is 2.16 bits per heavy atom. The second kappa shape index (κ2) is 5.72. The van der Waals surface area contributed by atoms with Crippen molar-refractivity contribution >= 4 is 12.3 Å². The molecule has 0 N–H and O–H groups in total. The van der Waals surface area contributed by atoms with E-state index in [4.69, 9.17) is 9.15 Å². The molecule has 0 spiro atoms. The molecule has 3 aliphatic rings. The van der Waals surface area contributed by atoms with Gasteiger partial charge in [-0.05, 0) is 66.4 Å². The Kier molecular flexibility index (Phi) is 3.86. The lowest BCUT2D eigenvalue weighted by molar-refractivity contribution is -0.177. The van der Waals surface area contributed by atoms with Crippen molar-refractivity contribution in [1.82, 2.24) is 0 Å². The van der Waals surface area contributed by atoms with Crippen LogP contribution >= 0.6 is 0 Å². The lowest BCUT2D eigenvalue weighted by Crippen LogP contribution is -2.58. The van der Waals surface area contributed by atoms with Crippen molar-refractivity contribution in [2.45, 2.75) is 58.3 Å². The first-order valence-corrected chi connectivity index (χ1v) is 9.59. The van der Waals surface area contributed by atoms with Gasteiger partial charge in [-0.25, -0.2) is 0 Å². The van der Waals surface area contributed by atoms with Crippen LogP contribution in [0.5, 0.6) is 0 Å². The van der Waals surface area contributed by atoms with Crippen molar-refractivity contribution in [3.63, 3.8) is 0 Å². The van der Waals surface area contributed by atoms with Gasteiger partial charge in [0, 0.05) is 6.42 Å². The molecule has 25 heavy (non-hydrogen) atoms. The van der Waals surface area contributed by atoms with Crippen LogP contribution in [0.15, 0.2) is 16.7 Å². The van der Waals surface area contributed by atoms with E-state index >= 15 is 0 Å². The van der Waals surface area contributed by atoms with E-state index in [1.54, 1.807) is 0 Å². The van der Waals surface area contributed by atoms with Crippen LogP contribution in [0.4, 0.5) is 0 Å². The number of esters is 1. The van der Waals surface area contributed by atoms with Crippen molar-refractivity contribution in [1.29, 1.82) is 0 Å². The first-order chi connectivity index (χ1) is 12.0. The fourth-order valence-corrected chi connectivity index (χ4v) is 6.74. The molecule has 4 nitrogen and oxygen atoms in total. The highest BCUT2D eigenvalue weighted by atomic mass is 16.5. The lowest BCUT2D eigenvalue weighted by atomic mass is 9.43. The zero-order valence-electron chi connectivity index (χ0n) is 15.4. The van der Waals surface area contributed by atoms with Crippen LogP contribution in [0.25, 0.3) is 0 Å². The maximum Gasteiger partial charge on any atom is 0.319 e. The van der Waals surface area contributed by atoms with Crippen LogP contribution < -0.4 is 0 Å². The van der Waals surface area contributed by atoms with Crippen molar-refractivity contribution in [3.8, 4) is 0 Å². The largest absolute Gasteiger partial charge is 0.469 e. The van der Waals surface area contributed by atoms with Gasteiger partial charge in [-0.2, -0.15) is 0 Å². The quantitative estimate of drug-likeness (QED) is 0.460. The molecule has 4 heteroatoms. The summed E-state index contributed by atoms with van der Waals surface area (Å²) in [6.07, 6.45) is 8.27. The summed E-state index contributed by atoms with van der Waals surface area (Å²) in [6, 6.07) is 2.12. The normalized spacial score (nSPS) is 42.7. The lowest BCUT2D eigenvalue weighted by Gasteiger charge is -2.60. The Morgan fingerprint density at radius 3 is 2.88 bits per heavy atom. The topological polar surface area (TPSA) is 56.5 Å². The number of carbonyl (C=O) groups excluding carboxylic acids is 2. The van der Waals surface area contributed by atoms with Gasteiger partial charge in [-0.1, -0.05) is 20.3 Å². The van der Waals surface area contributed by atoms with Crippen LogP contribution in [-0.2, 0) is 20.7 Å². The van der Waals surface area contributed by atoms with Crippen molar-refractivity contribution in [3.05, 3.63) is 23.7 Å². The van der Waals surface area contributed by atoms with Crippen molar-refractivity contribution in [2.24, 2.45) is 28.6 Å². The molecule has 0 bridgehead atoms. The van der Waals surface area contributed by atoms with E-state index in [2.05, 4.69) is 19.9 Å². The number of hydrogen-bond acceptors (Lipinski definition) is 4. The van der Waals surface area contributed by atoms with Gasteiger partial charge in [0.25, 0.3) is 0 Å². The van der Waals surface area contributed by atoms with Crippen LogP contribution in [0.1, 0.15) is 63.2 Å². The van der Waals surface area contributed by atoms with Crippen LogP contribution in [0, 0.1) is 28.6 Å². The highest BCUT2D eigenvalue weighted by Gasteiger charge is 2.62. The molecule has 1 aromatic heterocycles. The summed E-state index contributed by atoms with van der Waals surface area (Å²) in [5, 5.41) is 0. The van der Waals surface area contributed by atoms with E-state index in [0.717, 1.165) is 44.2 Å². The molecule has 136 valence electrons. The molecule has 0 radical (unpaired) electrons. The Balaban J connectivity index is 1.76. The molecular weight excluding hydrogens is 316 g/mol. The van der Waals surface area contributed by atoms with Gasteiger partial charge in [0.15, 0.2) is 0 Å². The summed E-state index contributed by atoms with van der Waals surface area (Å²) in [7, 11) is 1.41. The standard InChI is InChI=1S/C21H28O4/c1-13-14-5-6-18-20(2,16(14)11-17-15(13)7-10-25-17)8-4-9-21(18,12-22)19(23)24-3/h7,10,12-14,16,18H,4-6,8-9,11H2,1-3H3/t13-,14+,16+,18-,20-,21+/m1/s1. The Labute approximate surface area is 149 Å². The van der Waals surface area contributed by atoms with E-state index in [1.165, 1.54) is 12.7 Å². The van der Waals surface area contributed by atoms with Gasteiger partial charge < -0.3 is 13.9 Å². The smallest absolute Gasteiger partial charge is 0.319 e. The number of methoxy groups -OCH3 is 1. The van der Waals surface area contributed by atoms with E-state index in [1.807, 2.05) is 6.26 Å². The maximum absolute atomic E-state index is 12.6. The maximum atomic E-state index is 12.6. The summed E-state index contributed by atoms with van der Waals surface area (Å²) < 4.78 is 10.9. The minimum Gasteiger partial charge on any atom is -0.469 e. The molecule has 1 aromatic rings. The van der Waals surface area contributed by atoms with Crippen LogP contribution in [-0.4, -0.2) is 19.4 Å². The summed E-state index contributed by atoms with van der Waals surface area (Å²) in [5.74, 6) is 2.39. The molecule has 0 unspecified atom stereocenters. The number of fused-ring (bicyclic) bond motifs is 4. The van der Waals surface area contributed by atoms with Crippen LogP contribution in [0.3, 0.4) is 0 Å². The van der Waals surface area contributed by atoms with Crippen molar-refractivity contribution < 1.29 is 18.7 Å². The van der Waals surface area contributed by atoms with Gasteiger partial charge in [0.2, 0.25) is 0 Å². The van der Waals surface area contributed by atoms with Gasteiger partial charge >= 0.3 is 5.97 Å². The predicted molar refractivity (Wildman–Crippen MR) is 93.0 cm³/mol. The highest BCUT2D eigenvalue weighted by Crippen LogP contribution is 2.64. The fraction of sp³-hybridized carbons (Fsp3) is 0.714. The minimum atomic E-state index is -0.959. The average Bonchev–Trinajstić information content (AvgIpc) is 3.09. The summed E-state index contributed by atoms with van der Waals surface area (Å²) in [5.41, 5.74) is 0.378. The van der Waals surface area contributed by atoms with Gasteiger partial charge in [-0.3, -0.25) is 4.79 Å². The average molecular weight is 344 g/mol. The first-order valence-electron chi connectivity index (χ1n) is 9.59. The molecule has 6 atom stereocenters. The number of aldehydes is 1. The molecule has 0 aromatic carbocycles. The Bertz CT molecular complexity index is 692. The summed E-state index contributed by atoms with van der Waals surface area (Å²) in [6.45, 7) is 4.63. The Hall–Kier alpha value is -1.58. The molecule has 0 aliphatic heterocycles. The minimum absolute atomic E-state index is 0.0188. The third kappa shape index (κ3) is 2.12. The zero-order chi connectivity index (χ0) is 17.8. The summed E-state index contributed by atoms with van der Waals surface area (Å²) >= 11 is 0. The molecule has 1 heterocycles. The predicted octanol–water partition coefficient (Wildman–Crippen LogP) is 4.13. The molecule has 2 saturated carbocycles. The SMILES string of the molecule is COC(=O)[C@]1(C=O)CCC[C@@]2(C)[C@H]1CC[C@H]1[C@@H](C)c3ccoc3C[C@@H]12. The molecular formula is C21H28O4. The number of ether oxygens (including phenoxy) is 1. The molecule has 2 fully saturated rings. The molecule has 4 rings (SSSR count). The number of carbonyl (C=O) groups is 2. The second-order valence-electron chi connectivity index (χ2n) is 8.70. The third-order valence-corrected chi connectivity index (χ3v) is 7.97.